The van der Waals surface area contributed by atoms with Crippen molar-refractivity contribution >= 4 is 0 Å². The first-order valence-corrected chi connectivity index (χ1v) is 6.59. The summed E-state index contributed by atoms with van der Waals surface area (Å²) in [4.78, 5) is 4.18. The van der Waals surface area contributed by atoms with Crippen LogP contribution >= 0.6 is 0 Å². The minimum Gasteiger partial charge on any atom is -0.326 e. The Morgan fingerprint density at radius 3 is 2.88 bits per heavy atom. The normalized spacial score (nSPS) is 27.5. The smallest absolute Gasteiger partial charge is 0.0967 e. The third-order valence-electron chi connectivity index (χ3n) is 4.38. The zero-order valence-corrected chi connectivity index (χ0v) is 10.5. The molecule has 5 nitrogen and oxygen atoms in total. The van der Waals surface area contributed by atoms with E-state index in [0.717, 1.165) is 31.9 Å². The number of hydrogen-bond acceptors (Lipinski definition) is 4. The highest BCUT2D eigenvalue weighted by molar-refractivity contribution is 5.05. The van der Waals surface area contributed by atoms with Crippen LogP contribution in [0.25, 0.3) is 0 Å². The number of likely N-dealkylation sites (tertiary alicyclic amines) is 1. The summed E-state index contributed by atoms with van der Waals surface area (Å²) < 4.78 is 0. The average molecular weight is 235 g/mol. The lowest BCUT2D eigenvalue weighted by atomic mass is 9.66. The summed E-state index contributed by atoms with van der Waals surface area (Å²) in [5, 5.41) is 8.65. The first-order chi connectivity index (χ1) is 8.22. The summed E-state index contributed by atoms with van der Waals surface area (Å²) in [6.07, 6.45) is 5.85. The van der Waals surface area contributed by atoms with Gasteiger partial charge in [0.05, 0.1) is 18.4 Å². The third-order valence-corrected chi connectivity index (χ3v) is 4.38. The second kappa shape index (κ2) is 4.07. The molecule has 0 bridgehead atoms. The quantitative estimate of drug-likeness (QED) is 0.834. The Balaban J connectivity index is 1.63. The van der Waals surface area contributed by atoms with Gasteiger partial charge in [-0.3, -0.25) is 4.90 Å². The lowest BCUT2D eigenvalue weighted by Crippen LogP contribution is -2.45. The van der Waals surface area contributed by atoms with Crippen molar-refractivity contribution in [3.05, 3.63) is 11.9 Å². The van der Waals surface area contributed by atoms with Gasteiger partial charge < -0.3 is 5.73 Å². The Hall–Kier alpha value is -0.940. The van der Waals surface area contributed by atoms with Crippen molar-refractivity contribution in [2.45, 2.75) is 45.3 Å². The molecule has 3 rings (SSSR count). The summed E-state index contributed by atoms with van der Waals surface area (Å²) >= 11 is 0. The molecule has 0 aromatic carbocycles. The van der Waals surface area contributed by atoms with Gasteiger partial charge in [-0.1, -0.05) is 6.42 Å². The average Bonchev–Trinajstić information content (AvgIpc) is 2.82. The van der Waals surface area contributed by atoms with Gasteiger partial charge in [-0.05, 0) is 25.2 Å². The van der Waals surface area contributed by atoms with Gasteiger partial charge in [0.1, 0.15) is 0 Å². The molecule has 2 heterocycles. The topological polar surface area (TPSA) is 60.0 Å². The van der Waals surface area contributed by atoms with Crippen LogP contribution in [0, 0.1) is 5.41 Å². The second-order valence-electron chi connectivity index (χ2n) is 5.52. The number of nitrogens with two attached hydrogens (primary N) is 1. The highest BCUT2D eigenvalue weighted by atomic mass is 15.5. The molecule has 2 aliphatic rings. The highest BCUT2D eigenvalue weighted by Gasteiger charge is 2.48. The lowest BCUT2D eigenvalue weighted by molar-refractivity contribution is 0.121. The fourth-order valence-corrected chi connectivity index (χ4v) is 3.17. The fraction of sp³-hybridized carbons (Fsp3) is 0.833. The number of nitrogens with zero attached hydrogens (tertiary/aromatic N) is 4. The summed E-state index contributed by atoms with van der Waals surface area (Å²) in [5.41, 5.74) is 7.76. The molecule has 94 valence electrons. The van der Waals surface area contributed by atoms with Crippen LogP contribution < -0.4 is 5.73 Å². The Morgan fingerprint density at radius 2 is 2.35 bits per heavy atom. The van der Waals surface area contributed by atoms with Crippen LogP contribution in [0.4, 0.5) is 0 Å². The van der Waals surface area contributed by atoms with Gasteiger partial charge in [0.15, 0.2) is 0 Å². The van der Waals surface area contributed by atoms with Crippen LogP contribution in [0.15, 0.2) is 6.20 Å². The molecule has 2 fully saturated rings. The number of aryl methyl sites for hydroxylation is 1. The van der Waals surface area contributed by atoms with Gasteiger partial charge in [-0.25, -0.2) is 0 Å². The zero-order valence-electron chi connectivity index (χ0n) is 10.5. The van der Waals surface area contributed by atoms with Crippen molar-refractivity contribution in [3.63, 3.8) is 0 Å². The van der Waals surface area contributed by atoms with Crippen LogP contribution in [0.5, 0.6) is 0 Å². The monoisotopic (exact) mass is 235 g/mol. The summed E-state index contributed by atoms with van der Waals surface area (Å²) in [6, 6.07) is 0.359. The van der Waals surface area contributed by atoms with E-state index in [1.165, 1.54) is 19.3 Å². The largest absolute Gasteiger partial charge is 0.326 e. The molecule has 17 heavy (non-hydrogen) atoms. The third kappa shape index (κ3) is 1.87. The molecule has 2 N–H and O–H groups in total. The van der Waals surface area contributed by atoms with E-state index in [9.17, 15) is 0 Å². The fourth-order valence-electron chi connectivity index (χ4n) is 3.17. The first kappa shape index (κ1) is 11.2. The van der Waals surface area contributed by atoms with Crippen LogP contribution in [-0.2, 0) is 13.1 Å². The standard InChI is InChI=1S/C12H21N5/c1-2-17-14-6-10(15-17)7-16-8-11(13)12(9-16)4-3-5-12/h6,11H,2-5,7-9,13H2,1H3. The van der Waals surface area contributed by atoms with Crippen LogP contribution in [0.2, 0.25) is 0 Å². The van der Waals surface area contributed by atoms with Gasteiger partial charge in [0.2, 0.25) is 0 Å². The lowest BCUT2D eigenvalue weighted by Gasteiger charge is -2.41. The molecule has 5 heteroatoms. The number of hydrogen-bond donors (Lipinski definition) is 1. The predicted octanol–water partition coefficient (Wildman–Crippen LogP) is 0.611. The Kier molecular flexibility index (Phi) is 2.67. The van der Waals surface area contributed by atoms with E-state index in [4.69, 9.17) is 5.73 Å². The molecule has 1 saturated carbocycles. The van der Waals surface area contributed by atoms with Gasteiger partial charge in [-0.2, -0.15) is 15.0 Å². The van der Waals surface area contributed by atoms with E-state index in [1.54, 1.807) is 4.80 Å². The van der Waals surface area contributed by atoms with Crippen LogP contribution in [-0.4, -0.2) is 39.0 Å². The molecule has 1 saturated heterocycles. The molecular weight excluding hydrogens is 214 g/mol. The molecule has 1 aliphatic carbocycles. The van der Waals surface area contributed by atoms with E-state index in [1.807, 2.05) is 6.20 Å². The highest BCUT2D eigenvalue weighted by Crippen LogP contribution is 2.47. The minimum absolute atomic E-state index is 0.359. The molecule has 0 amide bonds. The van der Waals surface area contributed by atoms with E-state index in [0.29, 0.717) is 11.5 Å². The van der Waals surface area contributed by atoms with Crippen LogP contribution in [0.1, 0.15) is 31.9 Å². The van der Waals surface area contributed by atoms with Crippen molar-refractivity contribution in [3.8, 4) is 0 Å². The Bertz CT molecular complexity index is 395. The van der Waals surface area contributed by atoms with Crippen molar-refractivity contribution in [2.24, 2.45) is 11.1 Å². The number of aromatic nitrogens is 3. The summed E-state index contributed by atoms with van der Waals surface area (Å²) in [7, 11) is 0. The van der Waals surface area contributed by atoms with Gasteiger partial charge in [-0.15, -0.1) is 0 Å². The Labute approximate surface area is 102 Å². The van der Waals surface area contributed by atoms with Gasteiger partial charge in [0, 0.05) is 25.7 Å². The van der Waals surface area contributed by atoms with Crippen molar-refractivity contribution in [1.82, 2.24) is 19.9 Å². The number of rotatable bonds is 3. The molecule has 1 aliphatic heterocycles. The van der Waals surface area contributed by atoms with Crippen molar-refractivity contribution < 1.29 is 0 Å². The summed E-state index contributed by atoms with van der Waals surface area (Å²) in [5.74, 6) is 0. The van der Waals surface area contributed by atoms with E-state index >= 15 is 0 Å². The maximum absolute atomic E-state index is 6.27. The molecule has 1 atom stereocenters. The Morgan fingerprint density at radius 1 is 1.53 bits per heavy atom. The van der Waals surface area contributed by atoms with E-state index < -0.39 is 0 Å². The first-order valence-electron chi connectivity index (χ1n) is 6.59. The van der Waals surface area contributed by atoms with Gasteiger partial charge in [0.25, 0.3) is 0 Å². The van der Waals surface area contributed by atoms with Gasteiger partial charge >= 0.3 is 0 Å². The molecule has 0 radical (unpaired) electrons. The molecule has 1 aromatic rings. The minimum atomic E-state index is 0.359. The maximum atomic E-state index is 6.27. The maximum Gasteiger partial charge on any atom is 0.0967 e. The second-order valence-corrected chi connectivity index (χ2v) is 5.52. The van der Waals surface area contributed by atoms with Crippen LogP contribution in [0.3, 0.4) is 0 Å². The molecule has 1 unspecified atom stereocenters. The molecule has 1 aromatic heterocycles. The summed E-state index contributed by atoms with van der Waals surface area (Å²) in [6.45, 7) is 5.95. The van der Waals surface area contributed by atoms with Crippen molar-refractivity contribution in [1.29, 1.82) is 0 Å². The van der Waals surface area contributed by atoms with E-state index in [2.05, 4.69) is 22.0 Å². The van der Waals surface area contributed by atoms with E-state index in [-0.39, 0.29) is 0 Å². The van der Waals surface area contributed by atoms with Crippen molar-refractivity contribution in [2.75, 3.05) is 13.1 Å². The molecule has 1 spiro atoms. The zero-order chi connectivity index (χ0) is 11.9. The SMILES string of the molecule is CCn1ncc(CN2CC(N)C3(CCC3)C2)n1. The molecular formula is C12H21N5. The predicted molar refractivity (Wildman–Crippen MR) is 65.2 cm³/mol.